The van der Waals surface area contributed by atoms with E-state index < -0.39 is 49.2 Å². The first-order valence-electron chi connectivity index (χ1n) is 10.6. The van der Waals surface area contributed by atoms with Crippen molar-refractivity contribution in [3.63, 3.8) is 0 Å². The number of H-pyrrole nitrogens is 1. The van der Waals surface area contributed by atoms with Gasteiger partial charge in [0.05, 0.1) is 36.5 Å². The van der Waals surface area contributed by atoms with Crippen molar-refractivity contribution in [2.75, 3.05) is 34.0 Å². The second-order valence-electron chi connectivity index (χ2n) is 7.84. The number of hydrogen-bond donors (Lipinski definition) is 3. The molecule has 0 saturated carbocycles. The third-order valence-corrected chi connectivity index (χ3v) is 4.98. The molecule has 0 spiro atoms. The minimum atomic E-state index is -5.05. The number of aromatic nitrogens is 3. The second kappa shape index (κ2) is 11.8. The fourth-order valence-electron chi connectivity index (χ4n) is 3.42. The van der Waals surface area contributed by atoms with E-state index in [1.807, 2.05) is 0 Å². The average Bonchev–Trinajstić information content (AvgIpc) is 3.41. The summed E-state index contributed by atoms with van der Waals surface area (Å²) in [6.07, 6.45) is -4.28. The third-order valence-electron chi connectivity index (χ3n) is 4.98. The van der Waals surface area contributed by atoms with E-state index in [1.165, 1.54) is 17.1 Å². The van der Waals surface area contributed by atoms with E-state index in [0.29, 0.717) is 0 Å². The topological polar surface area (TPSA) is 183 Å². The van der Waals surface area contributed by atoms with Crippen LogP contribution in [0.5, 0.6) is 0 Å². The normalized spacial score (nSPS) is 19.5. The zero-order valence-corrected chi connectivity index (χ0v) is 19.6. The summed E-state index contributed by atoms with van der Waals surface area (Å²) in [6, 6.07) is 0. The van der Waals surface area contributed by atoms with Crippen LogP contribution in [0.25, 0.3) is 21.5 Å². The highest BCUT2D eigenvalue weighted by Gasteiger charge is 2.38. The van der Waals surface area contributed by atoms with Gasteiger partial charge in [-0.1, -0.05) is 17.0 Å². The van der Waals surface area contributed by atoms with Gasteiger partial charge in [0, 0.05) is 31.6 Å². The largest absolute Gasteiger partial charge is 0.471 e. The molecular weight excluding hydrogens is 503 g/mol. The van der Waals surface area contributed by atoms with E-state index in [9.17, 15) is 27.9 Å². The summed E-state index contributed by atoms with van der Waals surface area (Å²) in [4.78, 5) is 39.0. The third kappa shape index (κ3) is 6.77. The number of nitrogens with zero attached hydrogens (tertiary/aromatic N) is 7. The zero-order valence-electron chi connectivity index (χ0n) is 19.6. The number of alkyl halides is 3. The molecule has 198 valence electrons. The van der Waals surface area contributed by atoms with Crippen molar-refractivity contribution in [2.45, 2.75) is 31.0 Å². The molecule has 1 saturated heterocycles. The first kappa shape index (κ1) is 27.5. The molecule has 2 aromatic heterocycles. The number of aliphatic imine (C=N–C) groups is 1. The molecule has 3 atom stereocenters. The maximum Gasteiger partial charge on any atom is 0.471 e. The molecule has 0 unspecified atom stereocenters. The lowest BCUT2D eigenvalue weighted by molar-refractivity contribution is -0.173. The molecule has 0 bridgehead atoms. The number of carbonyl (C=O) groups is 1. The van der Waals surface area contributed by atoms with Crippen LogP contribution < -0.4 is 10.9 Å². The van der Waals surface area contributed by atoms with E-state index in [1.54, 1.807) is 24.3 Å². The lowest BCUT2D eigenvalue weighted by atomic mass is 10.2. The van der Waals surface area contributed by atoms with Gasteiger partial charge in [-0.2, -0.15) is 18.2 Å². The van der Waals surface area contributed by atoms with Crippen LogP contribution in [-0.2, 0) is 14.3 Å². The first-order chi connectivity index (χ1) is 17.5. The Labute approximate surface area is 206 Å². The summed E-state index contributed by atoms with van der Waals surface area (Å²) < 4.78 is 49.9. The Hall–Kier alpha value is -4.10. The van der Waals surface area contributed by atoms with Crippen molar-refractivity contribution in [3.05, 3.63) is 32.6 Å². The molecule has 0 aromatic carbocycles. The number of azide groups is 1. The molecule has 14 nitrogen and oxygen atoms in total. The Kier molecular flexibility index (Phi) is 8.73. The van der Waals surface area contributed by atoms with Gasteiger partial charge in [0.1, 0.15) is 19.1 Å². The van der Waals surface area contributed by atoms with Gasteiger partial charge >= 0.3 is 12.1 Å². The second-order valence-corrected chi connectivity index (χ2v) is 7.84. The molecular formula is C20H22F3N9O5. The first-order valence-corrected chi connectivity index (χ1v) is 10.6. The van der Waals surface area contributed by atoms with Gasteiger partial charge < -0.3 is 29.4 Å². The van der Waals surface area contributed by atoms with Gasteiger partial charge in [-0.05, 0) is 5.53 Å². The maximum atomic E-state index is 12.9. The average molecular weight is 525 g/mol. The summed E-state index contributed by atoms with van der Waals surface area (Å²) in [5.41, 5.74) is 8.04. The van der Waals surface area contributed by atoms with Crippen LogP contribution in [0, 0.1) is 11.8 Å². The maximum absolute atomic E-state index is 12.9. The number of amides is 1. The molecule has 3 heterocycles. The van der Waals surface area contributed by atoms with Crippen molar-refractivity contribution in [1.29, 1.82) is 0 Å². The number of carbonyl (C=O) groups excluding carboxylic acids is 1. The number of fused-ring (bicyclic) bond motifs is 1. The fourth-order valence-corrected chi connectivity index (χ4v) is 3.42. The van der Waals surface area contributed by atoms with Crippen LogP contribution in [0.2, 0.25) is 0 Å². The predicted octanol–water partition coefficient (Wildman–Crippen LogP) is 0.909. The molecule has 1 aliphatic heterocycles. The van der Waals surface area contributed by atoms with E-state index in [-0.39, 0.29) is 35.7 Å². The molecule has 0 aliphatic carbocycles. The lowest BCUT2D eigenvalue weighted by Crippen LogP contribution is -2.36. The van der Waals surface area contributed by atoms with Gasteiger partial charge in [-0.15, -0.1) is 0 Å². The minimum Gasteiger partial charge on any atom is -0.394 e. The summed E-state index contributed by atoms with van der Waals surface area (Å²) in [5.74, 6) is 2.78. The molecule has 0 radical (unpaired) electrons. The minimum absolute atomic E-state index is 0.0149. The lowest BCUT2D eigenvalue weighted by Gasteiger charge is -2.15. The Morgan fingerprint density at radius 1 is 1.54 bits per heavy atom. The quantitative estimate of drug-likeness (QED) is 0.114. The molecule has 1 amide bonds. The van der Waals surface area contributed by atoms with E-state index in [2.05, 4.69) is 36.8 Å². The molecule has 3 N–H and O–H groups in total. The molecule has 2 aromatic rings. The Morgan fingerprint density at radius 2 is 2.30 bits per heavy atom. The van der Waals surface area contributed by atoms with Crippen LogP contribution >= 0.6 is 0 Å². The molecule has 3 rings (SSSR count). The number of nitrogens with one attached hydrogen (secondary N) is 2. The van der Waals surface area contributed by atoms with Crippen LogP contribution in [0.1, 0.15) is 18.2 Å². The van der Waals surface area contributed by atoms with Gasteiger partial charge in [0.15, 0.2) is 5.65 Å². The van der Waals surface area contributed by atoms with Crippen LogP contribution in [-0.4, -0.2) is 89.1 Å². The number of aromatic amines is 1. The number of hydrogen-bond acceptors (Lipinski definition) is 8. The van der Waals surface area contributed by atoms with Gasteiger partial charge in [0.25, 0.3) is 5.56 Å². The van der Waals surface area contributed by atoms with E-state index in [4.69, 9.17) is 15.0 Å². The van der Waals surface area contributed by atoms with Crippen molar-refractivity contribution >= 4 is 29.2 Å². The number of rotatable bonds is 8. The monoisotopic (exact) mass is 525 g/mol. The highest BCUT2D eigenvalue weighted by molar-refractivity contribution is 5.84. The smallest absolute Gasteiger partial charge is 0.394 e. The summed E-state index contributed by atoms with van der Waals surface area (Å²) in [5, 5.41) is 14.6. The molecule has 37 heavy (non-hydrogen) atoms. The Bertz CT molecular complexity index is 1340. The predicted molar refractivity (Wildman–Crippen MR) is 123 cm³/mol. The van der Waals surface area contributed by atoms with Crippen molar-refractivity contribution < 1.29 is 32.5 Å². The number of aliphatic hydroxyl groups is 1. The summed E-state index contributed by atoms with van der Waals surface area (Å²) in [7, 11) is 3.43. The zero-order chi connectivity index (χ0) is 27.2. The number of halogens is 3. The molecule has 17 heteroatoms. The molecule has 1 aliphatic rings. The number of ether oxygens (including phenoxy) is 2. The van der Waals surface area contributed by atoms with Crippen LogP contribution in [0.15, 0.2) is 21.1 Å². The van der Waals surface area contributed by atoms with E-state index in [0.717, 1.165) is 0 Å². The van der Waals surface area contributed by atoms with Crippen molar-refractivity contribution in [1.82, 2.24) is 24.8 Å². The van der Waals surface area contributed by atoms with Crippen LogP contribution in [0.4, 0.5) is 19.1 Å². The Morgan fingerprint density at radius 3 is 2.95 bits per heavy atom. The van der Waals surface area contributed by atoms with E-state index >= 15 is 0 Å². The van der Waals surface area contributed by atoms with Gasteiger partial charge in [-0.25, -0.2) is 4.99 Å². The summed E-state index contributed by atoms with van der Waals surface area (Å²) >= 11 is 0. The van der Waals surface area contributed by atoms with Gasteiger partial charge in [-0.3, -0.25) is 14.6 Å². The molecule has 1 fully saturated rings. The highest BCUT2D eigenvalue weighted by Crippen LogP contribution is 2.34. The van der Waals surface area contributed by atoms with Crippen molar-refractivity contribution in [3.8, 4) is 11.8 Å². The fraction of sp³-hybridized carbons (Fsp3) is 0.500. The summed E-state index contributed by atoms with van der Waals surface area (Å²) in [6.45, 7) is -1.32. The Balaban J connectivity index is 2.00. The number of aliphatic hydroxyl groups excluding tert-OH is 1. The van der Waals surface area contributed by atoms with Crippen molar-refractivity contribution in [2.24, 2.45) is 10.1 Å². The SMILES string of the molecule is CN(C)C=Nc1nc2c(c(C#CCNC(=O)C(F)(F)F)cn2[C@H]2C[C@H](OCN=[N+]=[N-])[C@@H](CO)O2)c(=O)[nH]1. The van der Waals surface area contributed by atoms with Crippen LogP contribution in [0.3, 0.4) is 0 Å². The highest BCUT2D eigenvalue weighted by atomic mass is 19.4. The van der Waals surface area contributed by atoms with Gasteiger partial charge in [0.2, 0.25) is 5.95 Å². The standard InChI is InChI=1S/C20H22F3N9O5/c1-31(2)9-26-19-28-16-15(17(34)29-19)11(4-3-5-25-18(35)20(21,22)23)7-32(16)14-6-12(13(8-33)37-14)36-10-27-30-24/h7,9,12-14,33H,5-6,8,10H2,1-2H3,(H,25,35)(H,28,29,34)/t12-,13+,14+/m0/s1.